The molecule has 0 aromatic heterocycles. The molecule has 76 heavy (non-hydrogen) atoms. The number of aryl methyl sites for hydroxylation is 2. The van der Waals surface area contributed by atoms with Crippen LogP contribution in [0, 0.1) is 0 Å². The topological polar surface area (TPSA) is 36.9 Å². The Kier molecular flexibility index (Phi) is 33.4. The van der Waals surface area contributed by atoms with Gasteiger partial charge in [-0.3, -0.25) is 0 Å². The van der Waals surface area contributed by atoms with Gasteiger partial charge in [-0.2, -0.15) is 0 Å². The van der Waals surface area contributed by atoms with Gasteiger partial charge in [0.1, 0.15) is 0 Å². The SMILES string of the molecule is C=Cc1ccccc1CCc1ccccc1C=C.C=Cc1ccccc1COCCCCCCCCCCCCOCc1ccccc1C=C.C=Cc1ccccc1COCCCCCCOCc1ccccc1C=C. The van der Waals surface area contributed by atoms with Gasteiger partial charge >= 0.3 is 0 Å². The smallest absolute Gasteiger partial charge is 0.0722 e. The minimum absolute atomic E-state index is 0.661. The van der Waals surface area contributed by atoms with Gasteiger partial charge in [-0.1, -0.05) is 286 Å². The van der Waals surface area contributed by atoms with Crippen LogP contribution in [-0.2, 0) is 58.2 Å². The van der Waals surface area contributed by atoms with Crippen molar-refractivity contribution >= 4 is 36.5 Å². The molecule has 0 spiro atoms. The van der Waals surface area contributed by atoms with E-state index in [1.807, 2.05) is 72.9 Å². The minimum Gasteiger partial charge on any atom is -0.377 e. The summed E-state index contributed by atoms with van der Waals surface area (Å²) in [6, 6.07) is 49.9. The van der Waals surface area contributed by atoms with Crippen molar-refractivity contribution < 1.29 is 18.9 Å². The summed E-state index contributed by atoms with van der Waals surface area (Å²) in [6.07, 6.45) is 31.0. The van der Waals surface area contributed by atoms with E-state index in [0.29, 0.717) is 26.4 Å². The first-order chi connectivity index (χ1) is 37.5. The average molecular weight is 1020 g/mol. The molecule has 4 heteroatoms. The Bertz CT molecular complexity index is 2370. The standard InChI is InChI=1S/C30H42O2.C24H30O2.C18H18/c1-3-27-19-13-15-21-29(27)25-31-23-17-11-9-7-5-6-8-10-12-18-24-32-26-30-22-16-14-20-28(30)4-2;1-3-21-13-7-9-15-23(21)19-25-17-11-5-6-12-18-26-20-24-16-10-8-14-22(24)4-2;1-3-15-9-5-7-11-17(15)13-14-18-12-8-6-10-16(18)4-2/h3-4,13-16,19-22H,1-2,5-12,17-18,23-26H2;3-4,7-10,13-16H,1-2,5-6,11-12,17-20H2;3-12H,1-2,13-14H2. The molecule has 0 aliphatic heterocycles. The van der Waals surface area contributed by atoms with Crippen molar-refractivity contribution in [1.82, 2.24) is 0 Å². The van der Waals surface area contributed by atoms with E-state index in [0.717, 1.165) is 76.1 Å². The highest BCUT2D eigenvalue weighted by Crippen LogP contribution is 2.19. The van der Waals surface area contributed by atoms with Gasteiger partial charge < -0.3 is 18.9 Å². The van der Waals surface area contributed by atoms with Crippen LogP contribution in [0.5, 0.6) is 0 Å². The number of ether oxygens (including phenoxy) is 4. The van der Waals surface area contributed by atoms with Crippen molar-refractivity contribution in [3.05, 3.63) is 252 Å². The largest absolute Gasteiger partial charge is 0.377 e. The summed E-state index contributed by atoms with van der Waals surface area (Å²) in [4.78, 5) is 0. The van der Waals surface area contributed by atoms with Crippen LogP contribution in [0.25, 0.3) is 36.5 Å². The number of hydrogen-bond acceptors (Lipinski definition) is 4. The number of rotatable bonds is 37. The predicted molar refractivity (Wildman–Crippen MR) is 330 cm³/mol. The Balaban J connectivity index is 0.000000256. The Hall–Kier alpha value is -6.40. The molecule has 0 amide bonds. The monoisotopic (exact) mass is 1020 g/mol. The van der Waals surface area contributed by atoms with E-state index in [4.69, 9.17) is 18.9 Å². The molecule has 0 bridgehead atoms. The number of hydrogen-bond donors (Lipinski definition) is 0. The maximum absolute atomic E-state index is 5.84. The normalized spacial score (nSPS) is 10.6. The molecule has 0 fully saturated rings. The van der Waals surface area contributed by atoms with E-state index in [-0.39, 0.29) is 0 Å². The quantitative estimate of drug-likeness (QED) is 0.0365. The zero-order valence-electron chi connectivity index (χ0n) is 46.2. The van der Waals surface area contributed by atoms with Gasteiger partial charge in [0.15, 0.2) is 0 Å². The van der Waals surface area contributed by atoms with Crippen LogP contribution >= 0.6 is 0 Å². The molecular formula is C72H90O4. The van der Waals surface area contributed by atoms with E-state index in [9.17, 15) is 0 Å². The van der Waals surface area contributed by atoms with Crippen molar-refractivity contribution in [2.75, 3.05) is 26.4 Å². The first kappa shape index (κ1) is 62.1. The van der Waals surface area contributed by atoms with E-state index >= 15 is 0 Å². The lowest BCUT2D eigenvalue weighted by molar-refractivity contribution is 0.108. The molecule has 0 N–H and O–H groups in total. The first-order valence-corrected chi connectivity index (χ1v) is 28.1. The number of benzene rings is 6. The molecule has 0 aliphatic carbocycles. The van der Waals surface area contributed by atoms with Crippen molar-refractivity contribution in [3.63, 3.8) is 0 Å². The molecule has 6 rings (SSSR count). The van der Waals surface area contributed by atoms with E-state index in [2.05, 4.69) is 149 Å². The van der Waals surface area contributed by atoms with Gasteiger partial charge in [-0.05, 0) is 105 Å². The van der Waals surface area contributed by atoms with Gasteiger partial charge in [0.2, 0.25) is 0 Å². The molecule has 0 radical (unpaired) electrons. The van der Waals surface area contributed by atoms with Gasteiger partial charge in [0.25, 0.3) is 0 Å². The van der Waals surface area contributed by atoms with Gasteiger partial charge in [0, 0.05) is 26.4 Å². The van der Waals surface area contributed by atoms with Crippen LogP contribution in [0.3, 0.4) is 0 Å². The highest BCUT2D eigenvalue weighted by Gasteiger charge is 2.05. The lowest BCUT2D eigenvalue weighted by Gasteiger charge is -2.08. The van der Waals surface area contributed by atoms with Crippen molar-refractivity contribution in [1.29, 1.82) is 0 Å². The lowest BCUT2D eigenvalue weighted by Crippen LogP contribution is -1.99. The Morgan fingerprint density at radius 3 is 0.605 bits per heavy atom. The maximum atomic E-state index is 5.84. The Morgan fingerprint density at radius 1 is 0.224 bits per heavy atom. The molecule has 402 valence electrons. The summed E-state index contributed by atoms with van der Waals surface area (Å²) in [7, 11) is 0. The molecular weight excluding hydrogens is 929 g/mol. The van der Waals surface area contributed by atoms with Gasteiger partial charge in [-0.25, -0.2) is 0 Å². The highest BCUT2D eigenvalue weighted by atomic mass is 16.5. The summed E-state index contributed by atoms with van der Waals surface area (Å²) >= 11 is 0. The second-order valence-electron chi connectivity index (χ2n) is 19.1. The Morgan fingerprint density at radius 2 is 0.395 bits per heavy atom. The third kappa shape index (κ3) is 25.4. The predicted octanol–water partition coefficient (Wildman–Crippen LogP) is 19.6. The van der Waals surface area contributed by atoms with Crippen LogP contribution in [-0.4, -0.2) is 26.4 Å². The Labute approximate surface area is 460 Å². The molecule has 0 atom stereocenters. The molecule has 0 aliphatic rings. The summed E-state index contributed by atoms with van der Waals surface area (Å²) in [5.74, 6) is 0. The summed E-state index contributed by atoms with van der Waals surface area (Å²) < 4.78 is 23.2. The summed E-state index contributed by atoms with van der Waals surface area (Å²) in [5, 5.41) is 0. The fraction of sp³-hybridized carbons (Fsp3) is 0.333. The van der Waals surface area contributed by atoms with E-state index < -0.39 is 0 Å². The van der Waals surface area contributed by atoms with Crippen molar-refractivity contribution in [2.24, 2.45) is 0 Å². The minimum atomic E-state index is 0.661. The molecule has 0 saturated heterocycles. The lowest BCUT2D eigenvalue weighted by atomic mass is 9.97. The zero-order chi connectivity index (χ0) is 53.9. The van der Waals surface area contributed by atoms with Crippen LogP contribution < -0.4 is 0 Å². The average Bonchev–Trinajstić information content (AvgIpc) is 3.47. The van der Waals surface area contributed by atoms with Gasteiger partial charge in [0.05, 0.1) is 26.4 Å². The van der Waals surface area contributed by atoms with Crippen molar-refractivity contribution in [3.8, 4) is 0 Å². The van der Waals surface area contributed by atoms with Crippen LogP contribution in [0.2, 0.25) is 0 Å². The maximum Gasteiger partial charge on any atom is 0.0722 e. The fourth-order valence-corrected chi connectivity index (χ4v) is 8.96. The van der Waals surface area contributed by atoms with Crippen LogP contribution in [0.15, 0.2) is 185 Å². The fourth-order valence-electron chi connectivity index (χ4n) is 8.96. The second kappa shape index (κ2) is 40.9. The van der Waals surface area contributed by atoms with Crippen molar-refractivity contribution in [2.45, 2.75) is 129 Å². The molecule has 0 heterocycles. The zero-order valence-corrected chi connectivity index (χ0v) is 46.2. The first-order valence-electron chi connectivity index (χ1n) is 28.1. The molecule has 6 aromatic carbocycles. The van der Waals surface area contributed by atoms with E-state index in [1.54, 1.807) is 0 Å². The van der Waals surface area contributed by atoms with Crippen LogP contribution in [0.1, 0.15) is 157 Å². The highest BCUT2D eigenvalue weighted by molar-refractivity contribution is 5.55. The summed E-state index contributed by atoms with van der Waals surface area (Å²) in [6.45, 7) is 29.2. The van der Waals surface area contributed by atoms with Crippen LogP contribution in [0.4, 0.5) is 0 Å². The third-order valence-corrected chi connectivity index (χ3v) is 13.5. The van der Waals surface area contributed by atoms with E-state index in [1.165, 1.54) is 120 Å². The molecule has 0 saturated carbocycles. The number of unbranched alkanes of at least 4 members (excludes halogenated alkanes) is 12. The van der Waals surface area contributed by atoms with Gasteiger partial charge in [-0.15, -0.1) is 0 Å². The second-order valence-corrected chi connectivity index (χ2v) is 19.1. The molecule has 4 nitrogen and oxygen atoms in total. The summed E-state index contributed by atoms with van der Waals surface area (Å²) in [5.41, 5.74) is 14.7. The third-order valence-electron chi connectivity index (χ3n) is 13.5. The molecule has 0 unspecified atom stereocenters. The molecule has 6 aromatic rings.